The molecule has 0 bridgehead atoms. The van der Waals surface area contributed by atoms with E-state index in [0.717, 1.165) is 5.56 Å². The Labute approximate surface area is 117 Å². The monoisotopic (exact) mass is 299 g/mol. The number of anilines is 1. The van der Waals surface area contributed by atoms with Gasteiger partial charge in [-0.05, 0) is 31.0 Å². The average molecular weight is 300 g/mol. The van der Waals surface area contributed by atoms with Crippen LogP contribution in [0, 0.1) is 6.92 Å². The Hall–Kier alpha value is -1.53. The maximum absolute atomic E-state index is 12.3. The van der Waals surface area contributed by atoms with E-state index in [4.69, 9.17) is 11.6 Å². The molecule has 0 saturated heterocycles. The number of nitrogens with zero attached hydrogens (tertiary/aromatic N) is 1. The zero-order chi connectivity index (χ0) is 14.0. The number of aromatic amines is 1. The Morgan fingerprint density at radius 2 is 2.16 bits per heavy atom. The lowest BCUT2D eigenvalue weighted by Gasteiger charge is -2.10. The number of aromatic nitrogens is 2. The van der Waals surface area contributed by atoms with Gasteiger partial charge in [0.2, 0.25) is 0 Å². The summed E-state index contributed by atoms with van der Waals surface area (Å²) >= 11 is 5.95. The van der Waals surface area contributed by atoms with Gasteiger partial charge >= 0.3 is 0 Å². The van der Waals surface area contributed by atoms with Crippen LogP contribution in [-0.4, -0.2) is 18.6 Å². The summed E-state index contributed by atoms with van der Waals surface area (Å²) in [5, 5.41) is 6.90. The molecule has 0 aliphatic rings. The van der Waals surface area contributed by atoms with Crippen molar-refractivity contribution in [1.29, 1.82) is 0 Å². The van der Waals surface area contributed by atoms with Gasteiger partial charge in [0, 0.05) is 10.6 Å². The number of H-pyrrole nitrogens is 1. The number of benzene rings is 1. The van der Waals surface area contributed by atoms with Crippen LogP contribution < -0.4 is 4.72 Å². The molecular weight excluding hydrogens is 286 g/mol. The van der Waals surface area contributed by atoms with Gasteiger partial charge in [-0.2, -0.15) is 5.10 Å². The first-order valence-electron chi connectivity index (χ1n) is 5.76. The summed E-state index contributed by atoms with van der Waals surface area (Å²) < 4.78 is 27.1. The van der Waals surface area contributed by atoms with Gasteiger partial charge in [-0.25, -0.2) is 8.42 Å². The smallest absolute Gasteiger partial charge is 0.263 e. The van der Waals surface area contributed by atoms with Crippen LogP contribution in [0.5, 0.6) is 0 Å². The second kappa shape index (κ2) is 5.22. The van der Waals surface area contributed by atoms with E-state index in [-0.39, 0.29) is 4.90 Å². The Morgan fingerprint density at radius 3 is 2.84 bits per heavy atom. The van der Waals surface area contributed by atoms with Crippen molar-refractivity contribution in [1.82, 2.24) is 10.2 Å². The van der Waals surface area contributed by atoms with E-state index < -0.39 is 10.0 Å². The SMILES string of the molecule is CCc1cn[nH]c1NS(=O)(=O)c1cccc(Cl)c1C. The van der Waals surface area contributed by atoms with Gasteiger partial charge in [0.1, 0.15) is 5.82 Å². The molecule has 0 radical (unpaired) electrons. The first-order chi connectivity index (χ1) is 8.95. The second-order valence-electron chi connectivity index (χ2n) is 4.09. The molecule has 0 spiro atoms. The number of sulfonamides is 1. The fraction of sp³-hybridized carbons (Fsp3) is 0.250. The summed E-state index contributed by atoms with van der Waals surface area (Å²) in [6.45, 7) is 3.60. The number of halogens is 1. The minimum atomic E-state index is -3.67. The molecule has 0 atom stereocenters. The lowest BCUT2D eigenvalue weighted by molar-refractivity contribution is 0.600. The van der Waals surface area contributed by atoms with Crippen LogP contribution in [0.1, 0.15) is 18.1 Å². The standard InChI is InChI=1S/C12H14ClN3O2S/c1-3-9-7-14-15-12(9)16-19(17,18)11-6-4-5-10(13)8(11)2/h4-7H,3H2,1-2H3,(H2,14,15,16). The van der Waals surface area contributed by atoms with Crippen molar-refractivity contribution >= 4 is 27.4 Å². The fourth-order valence-corrected chi connectivity index (χ4v) is 3.29. The van der Waals surface area contributed by atoms with Crippen molar-refractivity contribution in [2.45, 2.75) is 25.2 Å². The molecular formula is C12H14ClN3O2S. The predicted octanol–water partition coefficient (Wildman–Crippen LogP) is 2.73. The molecule has 0 aliphatic carbocycles. The van der Waals surface area contributed by atoms with Gasteiger partial charge in [0.25, 0.3) is 10.0 Å². The molecule has 1 heterocycles. The lowest BCUT2D eigenvalue weighted by Crippen LogP contribution is -2.15. The third-order valence-electron chi connectivity index (χ3n) is 2.84. The normalized spacial score (nSPS) is 11.5. The first kappa shape index (κ1) is 13.9. The minimum absolute atomic E-state index is 0.164. The van der Waals surface area contributed by atoms with E-state index in [2.05, 4.69) is 14.9 Å². The molecule has 0 aliphatic heterocycles. The van der Waals surface area contributed by atoms with E-state index in [9.17, 15) is 8.42 Å². The van der Waals surface area contributed by atoms with E-state index >= 15 is 0 Å². The average Bonchev–Trinajstić information content (AvgIpc) is 2.78. The van der Waals surface area contributed by atoms with Crippen LogP contribution >= 0.6 is 11.6 Å². The summed E-state index contributed by atoms with van der Waals surface area (Å²) in [4.78, 5) is 0.164. The van der Waals surface area contributed by atoms with Gasteiger partial charge < -0.3 is 0 Å². The Balaban J connectivity index is 2.41. The lowest BCUT2D eigenvalue weighted by atomic mass is 10.2. The topological polar surface area (TPSA) is 74.8 Å². The van der Waals surface area contributed by atoms with Crippen molar-refractivity contribution in [3.05, 3.63) is 40.5 Å². The summed E-state index contributed by atoms with van der Waals surface area (Å²) in [5.41, 5.74) is 1.33. The molecule has 2 rings (SSSR count). The highest BCUT2D eigenvalue weighted by molar-refractivity contribution is 7.92. The van der Waals surface area contributed by atoms with E-state index in [1.807, 2.05) is 6.92 Å². The summed E-state index contributed by atoms with van der Waals surface area (Å²) in [7, 11) is -3.67. The second-order valence-corrected chi connectivity index (χ2v) is 6.15. The van der Waals surface area contributed by atoms with Gasteiger partial charge in [0.05, 0.1) is 11.1 Å². The largest absolute Gasteiger partial charge is 0.263 e. The Morgan fingerprint density at radius 1 is 1.42 bits per heavy atom. The fourth-order valence-electron chi connectivity index (χ4n) is 1.74. The first-order valence-corrected chi connectivity index (χ1v) is 7.62. The molecule has 2 aromatic rings. The van der Waals surface area contributed by atoms with Crippen LogP contribution in [0.3, 0.4) is 0 Å². The third-order valence-corrected chi connectivity index (χ3v) is 4.75. The van der Waals surface area contributed by atoms with Crippen LogP contribution in [0.4, 0.5) is 5.82 Å². The number of nitrogens with one attached hydrogen (secondary N) is 2. The van der Waals surface area contributed by atoms with Gasteiger partial charge in [-0.3, -0.25) is 9.82 Å². The molecule has 2 N–H and O–H groups in total. The Bertz CT molecular complexity index is 695. The van der Waals surface area contributed by atoms with Crippen LogP contribution in [0.2, 0.25) is 5.02 Å². The quantitative estimate of drug-likeness (QED) is 0.911. The maximum Gasteiger partial charge on any atom is 0.263 e. The zero-order valence-electron chi connectivity index (χ0n) is 10.6. The molecule has 0 saturated carbocycles. The molecule has 0 fully saturated rings. The van der Waals surface area contributed by atoms with Crippen LogP contribution in [0.25, 0.3) is 0 Å². The van der Waals surface area contributed by atoms with Gasteiger partial charge in [0.15, 0.2) is 0 Å². The molecule has 19 heavy (non-hydrogen) atoms. The molecule has 1 aromatic carbocycles. The summed E-state index contributed by atoms with van der Waals surface area (Å²) in [6, 6.07) is 4.78. The number of aryl methyl sites for hydroxylation is 1. The highest BCUT2D eigenvalue weighted by atomic mass is 35.5. The molecule has 1 aromatic heterocycles. The highest BCUT2D eigenvalue weighted by Crippen LogP contribution is 2.25. The van der Waals surface area contributed by atoms with Crippen LogP contribution in [0.15, 0.2) is 29.3 Å². The molecule has 7 heteroatoms. The number of hydrogen-bond donors (Lipinski definition) is 2. The van der Waals surface area contributed by atoms with Crippen molar-refractivity contribution in [3.63, 3.8) is 0 Å². The van der Waals surface area contributed by atoms with Gasteiger partial charge in [-0.15, -0.1) is 0 Å². The number of hydrogen-bond acceptors (Lipinski definition) is 3. The third kappa shape index (κ3) is 2.74. The molecule has 0 amide bonds. The van der Waals surface area contributed by atoms with E-state index in [0.29, 0.717) is 22.8 Å². The number of rotatable bonds is 4. The Kier molecular flexibility index (Phi) is 3.82. The van der Waals surface area contributed by atoms with Crippen LogP contribution in [-0.2, 0) is 16.4 Å². The molecule has 0 unspecified atom stereocenters. The van der Waals surface area contributed by atoms with Gasteiger partial charge in [-0.1, -0.05) is 24.6 Å². The predicted molar refractivity (Wildman–Crippen MR) is 75.0 cm³/mol. The minimum Gasteiger partial charge on any atom is -0.263 e. The van der Waals surface area contributed by atoms with Crippen molar-refractivity contribution in [2.75, 3.05) is 4.72 Å². The highest BCUT2D eigenvalue weighted by Gasteiger charge is 2.20. The summed E-state index contributed by atoms with van der Waals surface area (Å²) in [6.07, 6.45) is 2.28. The van der Waals surface area contributed by atoms with Crippen molar-refractivity contribution < 1.29 is 8.42 Å². The maximum atomic E-state index is 12.3. The zero-order valence-corrected chi connectivity index (χ0v) is 12.1. The molecule has 5 nitrogen and oxygen atoms in total. The van der Waals surface area contributed by atoms with E-state index in [1.54, 1.807) is 25.3 Å². The van der Waals surface area contributed by atoms with Crippen molar-refractivity contribution in [3.8, 4) is 0 Å². The van der Waals surface area contributed by atoms with Crippen molar-refractivity contribution in [2.24, 2.45) is 0 Å². The molecule has 102 valence electrons. The summed E-state index contributed by atoms with van der Waals surface area (Å²) in [5.74, 6) is 0.391. The van der Waals surface area contributed by atoms with E-state index in [1.165, 1.54) is 6.07 Å².